The van der Waals surface area contributed by atoms with Gasteiger partial charge in [-0.1, -0.05) is 25.7 Å². The van der Waals surface area contributed by atoms with E-state index in [2.05, 4.69) is 31.7 Å². The molecule has 2 saturated carbocycles. The van der Waals surface area contributed by atoms with E-state index in [1.165, 1.54) is 44.2 Å². The van der Waals surface area contributed by atoms with Crippen molar-refractivity contribution in [2.45, 2.75) is 63.5 Å². The van der Waals surface area contributed by atoms with Gasteiger partial charge in [0.2, 0.25) is 5.91 Å². The summed E-state index contributed by atoms with van der Waals surface area (Å²) in [7, 11) is 1.96. The standard InChI is InChI=1S/C28H43N5O2/c1-29(24-6-3-2-4-7-24)28(35)23-10-12-26(13-11-23)31-16-14-30(15-17-31)22-27(34)33-20-18-32(19-21-33)25-8-5-9-25/h10-13,24-25H,2-9,14-22H2,1H3. The van der Waals surface area contributed by atoms with Crippen LogP contribution in [0.25, 0.3) is 0 Å². The molecule has 35 heavy (non-hydrogen) atoms. The number of rotatable bonds is 6. The highest BCUT2D eigenvalue weighted by Crippen LogP contribution is 2.26. The number of amides is 2. The van der Waals surface area contributed by atoms with Crippen molar-refractivity contribution in [1.29, 1.82) is 0 Å². The first-order valence-corrected chi connectivity index (χ1v) is 13.9. The number of nitrogens with zero attached hydrogens (tertiary/aromatic N) is 5. The highest BCUT2D eigenvalue weighted by atomic mass is 16.2. The van der Waals surface area contributed by atoms with Crippen LogP contribution in [-0.2, 0) is 4.79 Å². The van der Waals surface area contributed by atoms with Gasteiger partial charge in [-0.2, -0.15) is 0 Å². The zero-order chi connectivity index (χ0) is 24.2. The predicted octanol–water partition coefficient (Wildman–Crippen LogP) is 2.91. The van der Waals surface area contributed by atoms with Crippen LogP contribution < -0.4 is 4.90 Å². The largest absolute Gasteiger partial charge is 0.369 e. The molecule has 0 atom stereocenters. The first kappa shape index (κ1) is 24.6. The summed E-state index contributed by atoms with van der Waals surface area (Å²) in [5, 5.41) is 0. The molecule has 0 unspecified atom stereocenters. The van der Waals surface area contributed by atoms with Crippen LogP contribution in [0.5, 0.6) is 0 Å². The minimum Gasteiger partial charge on any atom is -0.369 e. The minimum atomic E-state index is 0.139. The van der Waals surface area contributed by atoms with Gasteiger partial charge in [-0.05, 0) is 49.9 Å². The third-order valence-corrected chi connectivity index (χ3v) is 8.91. The summed E-state index contributed by atoms with van der Waals surface area (Å²) >= 11 is 0. The average Bonchev–Trinajstić information content (AvgIpc) is 2.88. The number of benzene rings is 1. The molecule has 0 radical (unpaired) electrons. The molecule has 2 amide bonds. The Bertz CT molecular complexity index is 849. The molecule has 2 aliphatic carbocycles. The fraction of sp³-hybridized carbons (Fsp3) is 0.714. The van der Waals surface area contributed by atoms with Crippen molar-refractivity contribution in [3.63, 3.8) is 0 Å². The SMILES string of the molecule is CN(C(=O)c1ccc(N2CCN(CC(=O)N3CCN(C4CCC4)CC3)CC2)cc1)C1CCCCC1. The van der Waals surface area contributed by atoms with Crippen molar-refractivity contribution in [3.05, 3.63) is 29.8 Å². The van der Waals surface area contributed by atoms with E-state index in [9.17, 15) is 9.59 Å². The van der Waals surface area contributed by atoms with Gasteiger partial charge in [-0.3, -0.25) is 19.4 Å². The zero-order valence-electron chi connectivity index (χ0n) is 21.5. The quantitative estimate of drug-likeness (QED) is 0.625. The molecule has 0 bridgehead atoms. The van der Waals surface area contributed by atoms with E-state index in [4.69, 9.17) is 0 Å². The molecular formula is C28H43N5O2. The fourth-order valence-corrected chi connectivity index (χ4v) is 6.20. The molecule has 5 rings (SSSR count). The molecule has 1 aromatic carbocycles. The average molecular weight is 482 g/mol. The molecule has 192 valence electrons. The lowest BCUT2D eigenvalue weighted by molar-refractivity contribution is -0.134. The Kier molecular flexibility index (Phi) is 7.93. The van der Waals surface area contributed by atoms with Crippen LogP contribution in [0.3, 0.4) is 0 Å². The smallest absolute Gasteiger partial charge is 0.253 e. The zero-order valence-corrected chi connectivity index (χ0v) is 21.5. The number of anilines is 1. The Hall–Kier alpha value is -2.12. The van der Waals surface area contributed by atoms with Crippen molar-refractivity contribution in [2.24, 2.45) is 0 Å². The Balaban J connectivity index is 1.06. The first-order valence-electron chi connectivity index (χ1n) is 13.9. The van der Waals surface area contributed by atoms with Gasteiger partial charge in [0.1, 0.15) is 0 Å². The summed E-state index contributed by atoms with van der Waals surface area (Å²) in [5.41, 5.74) is 1.95. The normalized spacial score (nSPS) is 23.2. The summed E-state index contributed by atoms with van der Waals surface area (Å²) in [6.07, 6.45) is 10.1. The summed E-state index contributed by atoms with van der Waals surface area (Å²) in [4.78, 5) is 37.1. The Labute approximate surface area is 211 Å². The molecular weight excluding hydrogens is 438 g/mol. The summed E-state index contributed by atoms with van der Waals surface area (Å²) in [5.74, 6) is 0.428. The molecule has 2 heterocycles. The molecule has 7 heteroatoms. The van der Waals surface area contributed by atoms with Crippen molar-refractivity contribution in [3.8, 4) is 0 Å². The summed E-state index contributed by atoms with van der Waals surface area (Å²) < 4.78 is 0. The lowest BCUT2D eigenvalue weighted by atomic mass is 9.91. The lowest BCUT2D eigenvalue weighted by Gasteiger charge is -2.43. The van der Waals surface area contributed by atoms with Crippen molar-refractivity contribution >= 4 is 17.5 Å². The molecule has 7 nitrogen and oxygen atoms in total. The Morgan fingerprint density at radius 3 is 2.06 bits per heavy atom. The van der Waals surface area contributed by atoms with Gasteiger partial charge >= 0.3 is 0 Å². The fourth-order valence-electron chi connectivity index (χ4n) is 6.20. The molecule has 0 N–H and O–H groups in total. The van der Waals surface area contributed by atoms with E-state index in [1.807, 2.05) is 24.1 Å². The predicted molar refractivity (Wildman–Crippen MR) is 140 cm³/mol. The van der Waals surface area contributed by atoms with Crippen LogP contribution in [0.1, 0.15) is 61.7 Å². The van der Waals surface area contributed by atoms with Crippen LogP contribution >= 0.6 is 0 Å². The number of piperazine rings is 2. The van der Waals surface area contributed by atoms with E-state index in [1.54, 1.807) is 0 Å². The van der Waals surface area contributed by atoms with E-state index in [0.717, 1.165) is 76.8 Å². The maximum Gasteiger partial charge on any atom is 0.253 e. The highest BCUT2D eigenvalue weighted by molar-refractivity contribution is 5.94. The second-order valence-electron chi connectivity index (χ2n) is 11.0. The van der Waals surface area contributed by atoms with Crippen LogP contribution in [0, 0.1) is 0 Å². The number of hydrogen-bond donors (Lipinski definition) is 0. The maximum atomic E-state index is 12.9. The first-order chi connectivity index (χ1) is 17.1. The minimum absolute atomic E-state index is 0.139. The molecule has 1 aromatic rings. The highest BCUT2D eigenvalue weighted by Gasteiger charge is 2.30. The topological polar surface area (TPSA) is 50.3 Å². The third-order valence-electron chi connectivity index (χ3n) is 8.91. The van der Waals surface area contributed by atoms with E-state index >= 15 is 0 Å². The van der Waals surface area contributed by atoms with Gasteiger partial charge in [0, 0.05) is 82.7 Å². The van der Waals surface area contributed by atoms with Crippen LogP contribution in [0.15, 0.2) is 24.3 Å². The second kappa shape index (κ2) is 11.3. The third kappa shape index (κ3) is 5.83. The van der Waals surface area contributed by atoms with Gasteiger partial charge in [-0.15, -0.1) is 0 Å². The van der Waals surface area contributed by atoms with E-state index in [0.29, 0.717) is 12.6 Å². The molecule has 0 spiro atoms. The van der Waals surface area contributed by atoms with E-state index in [-0.39, 0.29) is 11.8 Å². The molecule has 4 fully saturated rings. The maximum absolute atomic E-state index is 12.9. The molecule has 2 aliphatic heterocycles. The summed E-state index contributed by atoms with van der Waals surface area (Å²) in [6.45, 7) is 8.02. The van der Waals surface area contributed by atoms with Gasteiger partial charge in [0.05, 0.1) is 6.54 Å². The molecule has 0 aromatic heterocycles. The van der Waals surface area contributed by atoms with Gasteiger partial charge < -0.3 is 14.7 Å². The van der Waals surface area contributed by atoms with Gasteiger partial charge in [0.15, 0.2) is 0 Å². The van der Waals surface area contributed by atoms with Crippen molar-refractivity contribution in [1.82, 2.24) is 19.6 Å². The van der Waals surface area contributed by atoms with Crippen molar-refractivity contribution in [2.75, 3.05) is 70.9 Å². The second-order valence-corrected chi connectivity index (χ2v) is 11.0. The monoisotopic (exact) mass is 481 g/mol. The molecule has 2 saturated heterocycles. The van der Waals surface area contributed by atoms with Crippen LogP contribution in [0.4, 0.5) is 5.69 Å². The Morgan fingerprint density at radius 1 is 0.800 bits per heavy atom. The molecule has 4 aliphatic rings. The number of carbonyl (C=O) groups excluding carboxylic acids is 2. The summed E-state index contributed by atoms with van der Waals surface area (Å²) in [6, 6.07) is 9.31. The van der Waals surface area contributed by atoms with Gasteiger partial charge in [0.25, 0.3) is 5.91 Å². The van der Waals surface area contributed by atoms with Crippen molar-refractivity contribution < 1.29 is 9.59 Å². The van der Waals surface area contributed by atoms with Gasteiger partial charge in [-0.25, -0.2) is 0 Å². The number of carbonyl (C=O) groups is 2. The van der Waals surface area contributed by atoms with Crippen LogP contribution in [0.2, 0.25) is 0 Å². The lowest BCUT2D eigenvalue weighted by Crippen LogP contribution is -2.56. The van der Waals surface area contributed by atoms with E-state index < -0.39 is 0 Å². The number of hydrogen-bond acceptors (Lipinski definition) is 5. The van der Waals surface area contributed by atoms with Crippen LogP contribution in [-0.4, -0.2) is 109 Å². The Morgan fingerprint density at radius 2 is 1.46 bits per heavy atom.